The Labute approximate surface area is 111 Å². The van der Waals surface area contributed by atoms with E-state index in [1.807, 2.05) is 0 Å². The Morgan fingerprint density at radius 1 is 1.56 bits per heavy atom. The standard InChI is InChI=1S/C12H20BrNOS/c1-4-14-12(9(2)5-6-15-3)10-7-11(13)16-8-10/h7-9,12,14H,4-6H2,1-3H3. The summed E-state index contributed by atoms with van der Waals surface area (Å²) in [6.45, 7) is 6.25. The first-order valence-corrected chi connectivity index (χ1v) is 7.32. The van der Waals surface area contributed by atoms with Crippen molar-refractivity contribution in [3.8, 4) is 0 Å². The zero-order chi connectivity index (χ0) is 12.0. The quantitative estimate of drug-likeness (QED) is 0.826. The van der Waals surface area contributed by atoms with Crippen molar-refractivity contribution in [2.75, 3.05) is 20.3 Å². The van der Waals surface area contributed by atoms with Crippen molar-refractivity contribution in [2.24, 2.45) is 5.92 Å². The highest BCUT2D eigenvalue weighted by Gasteiger charge is 2.19. The molecular formula is C12H20BrNOS. The lowest BCUT2D eigenvalue weighted by molar-refractivity contribution is 0.170. The van der Waals surface area contributed by atoms with Crippen LogP contribution in [0.25, 0.3) is 0 Å². The van der Waals surface area contributed by atoms with E-state index in [1.54, 1.807) is 18.4 Å². The van der Waals surface area contributed by atoms with Crippen molar-refractivity contribution in [3.63, 3.8) is 0 Å². The zero-order valence-electron chi connectivity index (χ0n) is 10.1. The van der Waals surface area contributed by atoms with Gasteiger partial charge in [-0.25, -0.2) is 0 Å². The Morgan fingerprint density at radius 2 is 2.31 bits per heavy atom. The molecule has 0 saturated carbocycles. The van der Waals surface area contributed by atoms with E-state index >= 15 is 0 Å². The molecule has 1 aromatic rings. The van der Waals surface area contributed by atoms with Crippen LogP contribution in [-0.4, -0.2) is 20.3 Å². The van der Waals surface area contributed by atoms with E-state index in [1.165, 1.54) is 9.35 Å². The molecule has 2 unspecified atom stereocenters. The molecule has 1 aromatic heterocycles. The van der Waals surface area contributed by atoms with Gasteiger partial charge in [0.1, 0.15) is 0 Å². The van der Waals surface area contributed by atoms with Gasteiger partial charge in [-0.15, -0.1) is 11.3 Å². The van der Waals surface area contributed by atoms with Crippen LogP contribution in [0.15, 0.2) is 15.2 Å². The average molecular weight is 306 g/mol. The highest BCUT2D eigenvalue weighted by atomic mass is 79.9. The molecule has 92 valence electrons. The van der Waals surface area contributed by atoms with Gasteiger partial charge in [0.25, 0.3) is 0 Å². The molecule has 1 rings (SSSR count). The van der Waals surface area contributed by atoms with Crippen LogP contribution in [0.5, 0.6) is 0 Å². The summed E-state index contributed by atoms with van der Waals surface area (Å²) in [6.07, 6.45) is 1.08. The summed E-state index contributed by atoms with van der Waals surface area (Å²) in [6, 6.07) is 2.64. The lowest BCUT2D eigenvalue weighted by Gasteiger charge is -2.24. The Hall–Kier alpha value is 0.1000. The van der Waals surface area contributed by atoms with E-state index in [-0.39, 0.29) is 0 Å². The number of hydrogen-bond donors (Lipinski definition) is 1. The molecule has 0 fully saturated rings. The number of thiophene rings is 1. The number of halogens is 1. The van der Waals surface area contributed by atoms with E-state index < -0.39 is 0 Å². The van der Waals surface area contributed by atoms with Gasteiger partial charge >= 0.3 is 0 Å². The summed E-state index contributed by atoms with van der Waals surface area (Å²) < 4.78 is 6.35. The summed E-state index contributed by atoms with van der Waals surface area (Å²) in [5.41, 5.74) is 1.38. The van der Waals surface area contributed by atoms with Crippen molar-refractivity contribution >= 4 is 27.3 Å². The van der Waals surface area contributed by atoms with Crippen LogP contribution in [0.2, 0.25) is 0 Å². The van der Waals surface area contributed by atoms with E-state index in [0.29, 0.717) is 12.0 Å². The SMILES string of the molecule is CCNC(c1csc(Br)c1)C(C)CCOC. The normalized spacial score (nSPS) is 15.0. The number of methoxy groups -OCH3 is 1. The van der Waals surface area contributed by atoms with Gasteiger partial charge in [0.2, 0.25) is 0 Å². The van der Waals surface area contributed by atoms with Gasteiger partial charge in [0.15, 0.2) is 0 Å². The molecule has 0 saturated heterocycles. The molecule has 0 aliphatic carbocycles. The summed E-state index contributed by atoms with van der Waals surface area (Å²) in [5, 5.41) is 5.77. The molecule has 0 bridgehead atoms. The highest BCUT2D eigenvalue weighted by Crippen LogP contribution is 2.30. The first kappa shape index (κ1) is 14.2. The van der Waals surface area contributed by atoms with Crippen molar-refractivity contribution in [1.82, 2.24) is 5.32 Å². The van der Waals surface area contributed by atoms with Crippen LogP contribution in [0.3, 0.4) is 0 Å². The molecule has 0 radical (unpaired) electrons. The van der Waals surface area contributed by atoms with Crippen LogP contribution in [0.1, 0.15) is 31.9 Å². The minimum absolute atomic E-state index is 0.433. The topological polar surface area (TPSA) is 21.3 Å². The molecule has 2 nitrogen and oxygen atoms in total. The molecule has 1 N–H and O–H groups in total. The fraction of sp³-hybridized carbons (Fsp3) is 0.667. The lowest BCUT2D eigenvalue weighted by atomic mass is 9.94. The Morgan fingerprint density at radius 3 is 2.81 bits per heavy atom. The second-order valence-electron chi connectivity index (χ2n) is 3.98. The van der Waals surface area contributed by atoms with Gasteiger partial charge in [-0.05, 0) is 51.8 Å². The van der Waals surface area contributed by atoms with Gasteiger partial charge in [-0.1, -0.05) is 13.8 Å². The third-order valence-electron chi connectivity index (χ3n) is 2.72. The van der Waals surface area contributed by atoms with Crippen LogP contribution >= 0.6 is 27.3 Å². The maximum absolute atomic E-state index is 5.15. The summed E-state index contributed by atoms with van der Waals surface area (Å²) >= 11 is 5.26. The second kappa shape index (κ2) is 7.43. The van der Waals surface area contributed by atoms with Gasteiger partial charge < -0.3 is 10.1 Å². The van der Waals surface area contributed by atoms with Crippen molar-refractivity contribution < 1.29 is 4.74 Å². The third kappa shape index (κ3) is 4.17. The van der Waals surface area contributed by atoms with Crippen LogP contribution < -0.4 is 5.32 Å². The molecule has 16 heavy (non-hydrogen) atoms. The first-order chi connectivity index (χ1) is 7.69. The molecule has 0 aromatic carbocycles. The number of ether oxygens (including phenoxy) is 1. The zero-order valence-corrected chi connectivity index (χ0v) is 12.5. The van der Waals surface area contributed by atoms with Crippen LogP contribution in [0, 0.1) is 5.92 Å². The van der Waals surface area contributed by atoms with Crippen molar-refractivity contribution in [1.29, 1.82) is 0 Å². The van der Waals surface area contributed by atoms with Gasteiger partial charge in [-0.3, -0.25) is 0 Å². The number of hydrogen-bond acceptors (Lipinski definition) is 3. The smallest absolute Gasteiger partial charge is 0.0701 e. The van der Waals surface area contributed by atoms with E-state index in [9.17, 15) is 0 Å². The fourth-order valence-electron chi connectivity index (χ4n) is 1.82. The molecule has 2 atom stereocenters. The largest absolute Gasteiger partial charge is 0.385 e. The Bertz CT molecular complexity index is 303. The highest BCUT2D eigenvalue weighted by molar-refractivity contribution is 9.11. The van der Waals surface area contributed by atoms with E-state index in [4.69, 9.17) is 4.74 Å². The maximum Gasteiger partial charge on any atom is 0.0701 e. The monoisotopic (exact) mass is 305 g/mol. The molecule has 1 heterocycles. The molecule has 4 heteroatoms. The first-order valence-electron chi connectivity index (χ1n) is 5.65. The van der Waals surface area contributed by atoms with Crippen molar-refractivity contribution in [2.45, 2.75) is 26.3 Å². The maximum atomic E-state index is 5.15. The molecule has 0 spiro atoms. The Balaban J connectivity index is 2.66. The lowest BCUT2D eigenvalue weighted by Crippen LogP contribution is -2.27. The minimum atomic E-state index is 0.433. The molecule has 0 aliphatic rings. The summed E-state index contributed by atoms with van der Waals surface area (Å²) in [7, 11) is 1.76. The van der Waals surface area contributed by atoms with E-state index in [0.717, 1.165) is 19.6 Å². The number of nitrogens with one attached hydrogen (secondary N) is 1. The second-order valence-corrected chi connectivity index (χ2v) is 6.27. The van der Waals surface area contributed by atoms with E-state index in [2.05, 4.69) is 46.5 Å². The molecule has 0 amide bonds. The summed E-state index contributed by atoms with van der Waals surface area (Å²) in [4.78, 5) is 0. The van der Waals surface area contributed by atoms with Gasteiger partial charge in [-0.2, -0.15) is 0 Å². The summed E-state index contributed by atoms with van der Waals surface area (Å²) in [5.74, 6) is 0.585. The predicted octanol–water partition coefficient (Wildman–Crippen LogP) is 3.83. The molecular weight excluding hydrogens is 286 g/mol. The predicted molar refractivity (Wildman–Crippen MR) is 74.1 cm³/mol. The van der Waals surface area contributed by atoms with Gasteiger partial charge in [0.05, 0.1) is 3.79 Å². The Kier molecular flexibility index (Phi) is 6.58. The third-order valence-corrected chi connectivity index (χ3v) is 4.24. The van der Waals surface area contributed by atoms with Gasteiger partial charge in [0, 0.05) is 19.8 Å². The van der Waals surface area contributed by atoms with Crippen LogP contribution in [0.4, 0.5) is 0 Å². The fourth-order valence-corrected chi connectivity index (χ4v) is 3.04. The molecule has 0 aliphatic heterocycles. The van der Waals surface area contributed by atoms with Crippen LogP contribution in [-0.2, 0) is 4.74 Å². The van der Waals surface area contributed by atoms with Crippen molar-refractivity contribution in [3.05, 3.63) is 20.8 Å². The average Bonchev–Trinajstić information content (AvgIpc) is 2.69. The number of rotatable bonds is 7. The minimum Gasteiger partial charge on any atom is -0.385 e.